The zero-order chi connectivity index (χ0) is 9.76. The van der Waals surface area contributed by atoms with E-state index in [1.807, 2.05) is 0 Å². The Morgan fingerprint density at radius 1 is 1.36 bits per heavy atom. The third-order valence-electron chi connectivity index (χ3n) is 4.40. The van der Waals surface area contributed by atoms with Crippen LogP contribution in [0.5, 0.6) is 0 Å². The molecule has 0 amide bonds. The van der Waals surface area contributed by atoms with E-state index in [1.54, 1.807) is 0 Å². The van der Waals surface area contributed by atoms with Crippen LogP contribution in [-0.2, 0) is 4.74 Å². The molecular formula is C12H21NO. The monoisotopic (exact) mass is 195 g/mol. The summed E-state index contributed by atoms with van der Waals surface area (Å²) in [4.78, 5) is 2.70. The van der Waals surface area contributed by atoms with E-state index in [9.17, 15) is 0 Å². The highest BCUT2D eigenvalue weighted by Crippen LogP contribution is 2.48. The summed E-state index contributed by atoms with van der Waals surface area (Å²) >= 11 is 0. The fourth-order valence-corrected chi connectivity index (χ4v) is 3.68. The van der Waals surface area contributed by atoms with Gasteiger partial charge in [-0.05, 0) is 24.2 Å². The summed E-state index contributed by atoms with van der Waals surface area (Å²) in [6.07, 6.45) is 4.91. The molecule has 0 bridgehead atoms. The highest BCUT2D eigenvalue weighted by molar-refractivity contribution is 5.02. The summed E-state index contributed by atoms with van der Waals surface area (Å²) < 4.78 is 5.35. The molecule has 2 saturated heterocycles. The molecule has 3 aliphatic rings. The second-order valence-corrected chi connectivity index (χ2v) is 5.98. The molecule has 2 nitrogen and oxygen atoms in total. The molecule has 3 fully saturated rings. The first-order valence-electron chi connectivity index (χ1n) is 6.02. The second kappa shape index (κ2) is 2.96. The van der Waals surface area contributed by atoms with Gasteiger partial charge in [-0.3, -0.25) is 4.90 Å². The minimum absolute atomic E-state index is 0.552. The van der Waals surface area contributed by atoms with Crippen molar-refractivity contribution in [1.29, 1.82) is 0 Å². The summed E-state index contributed by atoms with van der Waals surface area (Å²) in [5, 5.41) is 0. The van der Waals surface area contributed by atoms with Gasteiger partial charge in [-0.25, -0.2) is 0 Å². The van der Waals surface area contributed by atoms with E-state index in [-0.39, 0.29) is 0 Å². The molecule has 3 rings (SSSR count). The topological polar surface area (TPSA) is 15.8 Å². The van der Waals surface area contributed by atoms with Gasteiger partial charge in [0, 0.05) is 19.1 Å². The minimum Gasteiger partial charge on any atom is -0.372 e. The maximum Gasteiger partial charge on any atom is 0.0936 e. The molecule has 2 unspecified atom stereocenters. The smallest absolute Gasteiger partial charge is 0.0936 e. The van der Waals surface area contributed by atoms with Crippen LogP contribution in [0.3, 0.4) is 0 Å². The minimum atomic E-state index is 0.552. The number of nitrogens with zero attached hydrogens (tertiary/aromatic N) is 1. The maximum absolute atomic E-state index is 5.35. The van der Waals surface area contributed by atoms with Crippen LogP contribution < -0.4 is 0 Å². The second-order valence-electron chi connectivity index (χ2n) is 5.98. The van der Waals surface area contributed by atoms with Crippen LogP contribution in [0.1, 0.15) is 33.1 Å². The SMILES string of the molecule is CC1(C)CN(C[C@H]2CO2)C2CCCC21. The van der Waals surface area contributed by atoms with Crippen molar-refractivity contribution >= 4 is 0 Å². The standard InChI is InChI=1S/C12H21NO/c1-12(2)8-13(6-9-7-14-9)11-5-3-4-10(11)12/h9-11H,3-8H2,1-2H3/t9-,10?,11?/m0/s1. The van der Waals surface area contributed by atoms with Crippen molar-refractivity contribution < 1.29 is 4.74 Å². The fourth-order valence-electron chi connectivity index (χ4n) is 3.68. The molecule has 2 heterocycles. The quantitative estimate of drug-likeness (QED) is 0.625. The van der Waals surface area contributed by atoms with Gasteiger partial charge < -0.3 is 4.74 Å². The number of hydrogen-bond acceptors (Lipinski definition) is 2. The Bertz CT molecular complexity index is 234. The summed E-state index contributed by atoms with van der Waals surface area (Å²) in [6.45, 7) is 8.40. The molecule has 2 heteroatoms. The first-order chi connectivity index (χ1) is 6.67. The van der Waals surface area contributed by atoms with Crippen LogP contribution >= 0.6 is 0 Å². The fraction of sp³-hybridized carbons (Fsp3) is 1.00. The normalized spacial score (nSPS) is 45.4. The summed E-state index contributed by atoms with van der Waals surface area (Å²) in [5.41, 5.74) is 0.552. The predicted octanol–water partition coefficient (Wildman–Crippen LogP) is 1.90. The number of epoxide rings is 1. The van der Waals surface area contributed by atoms with E-state index in [2.05, 4.69) is 18.7 Å². The molecular weight excluding hydrogens is 174 g/mol. The van der Waals surface area contributed by atoms with Crippen molar-refractivity contribution in [2.75, 3.05) is 19.7 Å². The molecule has 14 heavy (non-hydrogen) atoms. The van der Waals surface area contributed by atoms with Gasteiger partial charge >= 0.3 is 0 Å². The molecule has 1 aliphatic carbocycles. The Morgan fingerprint density at radius 2 is 2.14 bits per heavy atom. The lowest BCUT2D eigenvalue weighted by Crippen LogP contribution is -2.33. The van der Waals surface area contributed by atoms with Gasteiger partial charge in [-0.1, -0.05) is 20.3 Å². The van der Waals surface area contributed by atoms with E-state index < -0.39 is 0 Å². The van der Waals surface area contributed by atoms with E-state index in [1.165, 1.54) is 32.4 Å². The largest absolute Gasteiger partial charge is 0.372 e. The van der Waals surface area contributed by atoms with Crippen LogP contribution in [0, 0.1) is 11.3 Å². The van der Waals surface area contributed by atoms with E-state index in [0.29, 0.717) is 11.5 Å². The molecule has 1 saturated carbocycles. The third kappa shape index (κ3) is 1.40. The van der Waals surface area contributed by atoms with Gasteiger partial charge in [-0.15, -0.1) is 0 Å². The average Bonchev–Trinajstić information content (AvgIpc) is 2.72. The Morgan fingerprint density at radius 3 is 2.86 bits per heavy atom. The van der Waals surface area contributed by atoms with Crippen molar-refractivity contribution in [1.82, 2.24) is 4.90 Å². The van der Waals surface area contributed by atoms with Crippen molar-refractivity contribution in [2.45, 2.75) is 45.3 Å². The van der Waals surface area contributed by atoms with E-state index in [4.69, 9.17) is 4.74 Å². The van der Waals surface area contributed by atoms with Gasteiger partial charge in [0.2, 0.25) is 0 Å². The Hall–Kier alpha value is -0.0800. The highest BCUT2D eigenvalue weighted by atomic mass is 16.6. The highest BCUT2D eigenvalue weighted by Gasteiger charge is 2.49. The summed E-state index contributed by atoms with van der Waals surface area (Å²) in [5.74, 6) is 0.959. The zero-order valence-corrected chi connectivity index (χ0v) is 9.33. The molecule has 0 aromatic carbocycles. The molecule has 0 N–H and O–H groups in total. The van der Waals surface area contributed by atoms with Crippen molar-refractivity contribution in [2.24, 2.45) is 11.3 Å². The van der Waals surface area contributed by atoms with Crippen molar-refractivity contribution in [3.63, 3.8) is 0 Å². The van der Waals surface area contributed by atoms with Crippen LogP contribution in [0.15, 0.2) is 0 Å². The molecule has 3 atom stereocenters. The van der Waals surface area contributed by atoms with Gasteiger partial charge in [0.25, 0.3) is 0 Å². The molecule has 2 aliphatic heterocycles. The van der Waals surface area contributed by atoms with E-state index in [0.717, 1.165) is 18.6 Å². The molecule has 0 aromatic rings. The molecule has 80 valence electrons. The van der Waals surface area contributed by atoms with Gasteiger partial charge in [0.1, 0.15) is 0 Å². The summed E-state index contributed by atoms with van der Waals surface area (Å²) in [7, 11) is 0. The molecule has 0 spiro atoms. The van der Waals surface area contributed by atoms with Gasteiger partial charge in [0.15, 0.2) is 0 Å². The molecule has 0 aromatic heterocycles. The van der Waals surface area contributed by atoms with Crippen LogP contribution in [0.4, 0.5) is 0 Å². The lowest BCUT2D eigenvalue weighted by Gasteiger charge is -2.24. The van der Waals surface area contributed by atoms with Gasteiger partial charge in [0.05, 0.1) is 12.7 Å². The van der Waals surface area contributed by atoms with E-state index >= 15 is 0 Å². The third-order valence-corrected chi connectivity index (χ3v) is 4.40. The lowest BCUT2D eigenvalue weighted by atomic mass is 9.80. The Labute approximate surface area is 86.6 Å². The number of ether oxygens (including phenoxy) is 1. The predicted molar refractivity (Wildman–Crippen MR) is 56.2 cm³/mol. The number of fused-ring (bicyclic) bond motifs is 1. The van der Waals surface area contributed by atoms with Crippen LogP contribution in [-0.4, -0.2) is 36.7 Å². The maximum atomic E-state index is 5.35. The van der Waals surface area contributed by atoms with Crippen LogP contribution in [0.25, 0.3) is 0 Å². The lowest BCUT2D eigenvalue weighted by molar-refractivity contribution is 0.213. The average molecular weight is 195 g/mol. The van der Waals surface area contributed by atoms with Gasteiger partial charge in [-0.2, -0.15) is 0 Å². The number of rotatable bonds is 2. The van der Waals surface area contributed by atoms with Crippen LogP contribution in [0.2, 0.25) is 0 Å². The first-order valence-corrected chi connectivity index (χ1v) is 6.02. The van der Waals surface area contributed by atoms with Crippen molar-refractivity contribution in [3.8, 4) is 0 Å². The molecule has 0 radical (unpaired) electrons. The Kier molecular flexibility index (Phi) is 1.94. The Balaban J connectivity index is 1.73. The number of likely N-dealkylation sites (tertiary alicyclic amines) is 1. The summed E-state index contributed by atoms with van der Waals surface area (Å²) in [6, 6.07) is 0.884. The van der Waals surface area contributed by atoms with Crippen molar-refractivity contribution in [3.05, 3.63) is 0 Å². The first kappa shape index (κ1) is 9.17. The zero-order valence-electron chi connectivity index (χ0n) is 9.33. The number of hydrogen-bond donors (Lipinski definition) is 0.